The Morgan fingerprint density at radius 1 is 1.10 bits per heavy atom. The van der Waals surface area contributed by atoms with Crippen LogP contribution in [-0.2, 0) is 16.9 Å². The van der Waals surface area contributed by atoms with Crippen molar-refractivity contribution in [1.82, 2.24) is 0 Å². The van der Waals surface area contributed by atoms with Gasteiger partial charge in [0.05, 0.1) is 18.2 Å². The second-order valence-electron chi connectivity index (χ2n) is 7.40. The van der Waals surface area contributed by atoms with Gasteiger partial charge >= 0.3 is 0 Å². The van der Waals surface area contributed by atoms with Crippen molar-refractivity contribution in [3.05, 3.63) is 99.0 Å². The molecule has 3 aromatic rings. The monoisotopic (exact) mass is 483 g/mol. The van der Waals surface area contributed by atoms with Crippen LogP contribution in [0.4, 0.5) is 5.69 Å². The first-order valence-electron chi connectivity index (χ1n) is 9.50. The first-order valence-corrected chi connectivity index (χ1v) is 10.7. The third-order valence-corrected chi connectivity index (χ3v) is 6.31. The lowest BCUT2D eigenvalue weighted by atomic mass is 9.79. The summed E-state index contributed by atoms with van der Waals surface area (Å²) in [4.78, 5) is 28.2. The molecule has 0 saturated carbocycles. The third kappa shape index (κ3) is 3.47. The fourth-order valence-corrected chi connectivity index (χ4v) is 4.36. The van der Waals surface area contributed by atoms with Crippen LogP contribution in [0.3, 0.4) is 0 Å². The Balaban J connectivity index is 1.76. The lowest BCUT2D eigenvalue weighted by Crippen LogP contribution is -2.47. The summed E-state index contributed by atoms with van der Waals surface area (Å²) in [6, 6.07) is 21.3. The van der Waals surface area contributed by atoms with Gasteiger partial charge in [-0.3, -0.25) is 9.59 Å². The Morgan fingerprint density at radius 3 is 2.43 bits per heavy atom. The SMILES string of the molecule is CC(C(=O)c1ccc(Cl)cc1)C1(O)C(=O)N(Cc2ccccc2)c2ccc(Br)cc21. The summed E-state index contributed by atoms with van der Waals surface area (Å²) in [6.07, 6.45) is 0. The van der Waals surface area contributed by atoms with Crippen LogP contribution in [0.25, 0.3) is 0 Å². The van der Waals surface area contributed by atoms with Gasteiger partial charge in [-0.1, -0.05) is 64.8 Å². The summed E-state index contributed by atoms with van der Waals surface area (Å²) in [5.74, 6) is -1.82. The van der Waals surface area contributed by atoms with Crippen molar-refractivity contribution < 1.29 is 14.7 Å². The second-order valence-corrected chi connectivity index (χ2v) is 8.75. The molecule has 0 saturated heterocycles. The maximum atomic E-state index is 13.5. The predicted octanol–water partition coefficient (Wildman–Crippen LogP) is 5.36. The van der Waals surface area contributed by atoms with Crippen LogP contribution in [0.1, 0.15) is 28.4 Å². The van der Waals surface area contributed by atoms with Gasteiger partial charge in [0.1, 0.15) is 0 Å². The zero-order valence-electron chi connectivity index (χ0n) is 16.2. The number of fused-ring (bicyclic) bond motifs is 1. The number of amides is 1. The maximum absolute atomic E-state index is 13.5. The smallest absolute Gasteiger partial charge is 0.264 e. The van der Waals surface area contributed by atoms with Gasteiger partial charge in [-0.05, 0) is 48.0 Å². The molecular weight excluding hydrogens is 466 g/mol. The van der Waals surface area contributed by atoms with Gasteiger partial charge in [0, 0.05) is 20.6 Å². The Hall–Kier alpha value is -2.47. The molecule has 1 heterocycles. The van der Waals surface area contributed by atoms with E-state index in [-0.39, 0.29) is 5.78 Å². The van der Waals surface area contributed by atoms with Crippen LogP contribution in [0.5, 0.6) is 0 Å². The van der Waals surface area contributed by atoms with Gasteiger partial charge in [-0.25, -0.2) is 0 Å². The fourth-order valence-electron chi connectivity index (χ4n) is 3.87. The molecule has 0 radical (unpaired) electrons. The predicted molar refractivity (Wildman–Crippen MR) is 121 cm³/mol. The van der Waals surface area contributed by atoms with Gasteiger partial charge in [-0.15, -0.1) is 0 Å². The summed E-state index contributed by atoms with van der Waals surface area (Å²) < 4.78 is 0.722. The van der Waals surface area contributed by atoms with Crippen LogP contribution < -0.4 is 4.90 Å². The lowest BCUT2D eigenvalue weighted by molar-refractivity contribution is -0.139. The van der Waals surface area contributed by atoms with Crippen LogP contribution in [0.15, 0.2) is 77.3 Å². The van der Waals surface area contributed by atoms with Crippen molar-refractivity contribution in [3.63, 3.8) is 0 Å². The van der Waals surface area contributed by atoms with E-state index in [1.54, 1.807) is 48.2 Å². The minimum absolute atomic E-state index is 0.304. The number of nitrogens with zero attached hydrogens (tertiary/aromatic N) is 1. The molecule has 1 aliphatic heterocycles. The molecular formula is C24H19BrClNO3. The van der Waals surface area contributed by atoms with E-state index in [2.05, 4.69) is 15.9 Å². The molecule has 0 fully saturated rings. The molecule has 0 bridgehead atoms. The number of hydrogen-bond acceptors (Lipinski definition) is 3. The number of carbonyl (C=O) groups excluding carboxylic acids is 2. The summed E-state index contributed by atoms with van der Waals surface area (Å²) >= 11 is 9.35. The molecule has 0 spiro atoms. The summed E-state index contributed by atoms with van der Waals surface area (Å²) in [5.41, 5.74) is 0.384. The number of halogens is 2. The van der Waals surface area contributed by atoms with E-state index in [0.29, 0.717) is 28.4 Å². The molecule has 1 amide bonds. The highest BCUT2D eigenvalue weighted by atomic mass is 79.9. The first-order chi connectivity index (χ1) is 14.3. The number of benzene rings is 3. The molecule has 1 aliphatic rings. The molecule has 1 N–H and O–H groups in total. The Morgan fingerprint density at radius 2 is 1.77 bits per heavy atom. The van der Waals surface area contributed by atoms with E-state index in [1.807, 2.05) is 36.4 Å². The zero-order chi connectivity index (χ0) is 21.5. The quantitative estimate of drug-likeness (QED) is 0.496. The Labute approximate surface area is 188 Å². The highest BCUT2D eigenvalue weighted by Gasteiger charge is 2.55. The van der Waals surface area contributed by atoms with Crippen molar-refractivity contribution in [2.75, 3.05) is 4.90 Å². The molecule has 2 atom stereocenters. The summed E-state index contributed by atoms with van der Waals surface area (Å²) in [7, 11) is 0. The maximum Gasteiger partial charge on any atom is 0.264 e. The molecule has 2 unspecified atom stereocenters. The third-order valence-electron chi connectivity index (χ3n) is 5.56. The number of aliphatic hydroxyl groups is 1. The largest absolute Gasteiger partial charge is 0.375 e. The zero-order valence-corrected chi connectivity index (χ0v) is 18.5. The molecule has 6 heteroatoms. The molecule has 30 heavy (non-hydrogen) atoms. The summed E-state index contributed by atoms with van der Waals surface area (Å²) in [5, 5.41) is 12.2. The lowest BCUT2D eigenvalue weighted by Gasteiger charge is -2.28. The van der Waals surface area contributed by atoms with E-state index < -0.39 is 17.4 Å². The Kier molecular flexibility index (Phi) is 5.53. The normalized spacial score (nSPS) is 18.9. The first kappa shape index (κ1) is 20.8. The Bertz CT molecular complexity index is 1120. The van der Waals surface area contributed by atoms with Crippen molar-refractivity contribution in [1.29, 1.82) is 0 Å². The molecule has 0 aromatic heterocycles. The van der Waals surface area contributed by atoms with E-state index in [0.717, 1.165) is 10.0 Å². The summed E-state index contributed by atoms with van der Waals surface area (Å²) in [6.45, 7) is 1.89. The number of anilines is 1. The van der Waals surface area contributed by atoms with Gasteiger partial charge in [0.15, 0.2) is 11.4 Å². The molecule has 3 aromatic carbocycles. The number of carbonyl (C=O) groups is 2. The molecule has 152 valence electrons. The number of Topliss-reactive ketones (excluding diaryl/α,β-unsaturated/α-hetero) is 1. The van der Waals surface area contributed by atoms with Crippen molar-refractivity contribution in [2.45, 2.75) is 19.1 Å². The van der Waals surface area contributed by atoms with Crippen LogP contribution in [0.2, 0.25) is 5.02 Å². The number of rotatable bonds is 5. The van der Waals surface area contributed by atoms with Gasteiger partial charge in [0.25, 0.3) is 5.91 Å². The van der Waals surface area contributed by atoms with Crippen molar-refractivity contribution in [3.8, 4) is 0 Å². The number of hydrogen-bond donors (Lipinski definition) is 1. The minimum atomic E-state index is -1.97. The highest BCUT2D eigenvalue weighted by molar-refractivity contribution is 9.10. The average molecular weight is 485 g/mol. The molecule has 4 nitrogen and oxygen atoms in total. The van der Waals surface area contributed by atoms with E-state index in [9.17, 15) is 14.7 Å². The fraction of sp³-hybridized carbons (Fsp3) is 0.167. The molecule has 0 aliphatic carbocycles. The topological polar surface area (TPSA) is 57.6 Å². The van der Waals surface area contributed by atoms with Gasteiger partial charge in [-0.2, -0.15) is 0 Å². The van der Waals surface area contributed by atoms with Crippen LogP contribution in [0, 0.1) is 5.92 Å². The standard InChI is InChI=1S/C24H19BrClNO3/c1-15(22(28)17-7-10-19(26)11-8-17)24(30)20-13-18(25)9-12-21(20)27(23(24)29)14-16-5-3-2-4-6-16/h2-13,15,30H,14H2,1H3. The van der Waals surface area contributed by atoms with E-state index >= 15 is 0 Å². The highest BCUT2D eigenvalue weighted by Crippen LogP contribution is 2.47. The van der Waals surface area contributed by atoms with Gasteiger partial charge in [0.2, 0.25) is 0 Å². The molecule has 4 rings (SSSR count). The number of ketones is 1. The van der Waals surface area contributed by atoms with Crippen molar-refractivity contribution >= 4 is 44.9 Å². The minimum Gasteiger partial charge on any atom is -0.375 e. The van der Waals surface area contributed by atoms with Crippen molar-refractivity contribution in [2.24, 2.45) is 5.92 Å². The second kappa shape index (κ2) is 7.99. The van der Waals surface area contributed by atoms with Crippen LogP contribution >= 0.6 is 27.5 Å². The van der Waals surface area contributed by atoms with E-state index in [1.165, 1.54) is 0 Å². The van der Waals surface area contributed by atoms with Crippen LogP contribution in [-0.4, -0.2) is 16.8 Å². The van der Waals surface area contributed by atoms with E-state index in [4.69, 9.17) is 11.6 Å². The average Bonchev–Trinajstić information content (AvgIpc) is 2.96. The van der Waals surface area contributed by atoms with Gasteiger partial charge < -0.3 is 10.0 Å².